The van der Waals surface area contributed by atoms with Gasteiger partial charge >= 0.3 is 0 Å². The van der Waals surface area contributed by atoms with Crippen molar-refractivity contribution in [2.45, 2.75) is 12.5 Å². The highest BCUT2D eigenvalue weighted by Crippen LogP contribution is 2.25. The maximum atomic E-state index is 13.3. The zero-order valence-electron chi connectivity index (χ0n) is 11.3. The summed E-state index contributed by atoms with van der Waals surface area (Å²) in [6.45, 7) is 0. The minimum atomic E-state index is -0.846. The summed E-state index contributed by atoms with van der Waals surface area (Å²) in [6, 6.07) is 11.3. The Morgan fingerprint density at radius 1 is 1.05 bits per heavy atom. The van der Waals surface area contributed by atoms with Crippen molar-refractivity contribution in [2.75, 3.05) is 0 Å². The van der Waals surface area contributed by atoms with Crippen LogP contribution in [0.5, 0.6) is 0 Å². The van der Waals surface area contributed by atoms with Gasteiger partial charge in [0.25, 0.3) is 0 Å². The lowest BCUT2D eigenvalue weighted by atomic mass is 9.95. The molecule has 3 rings (SSSR count). The van der Waals surface area contributed by atoms with Gasteiger partial charge in [0, 0.05) is 23.8 Å². The first-order chi connectivity index (χ1) is 10.1. The van der Waals surface area contributed by atoms with Gasteiger partial charge < -0.3 is 5.73 Å². The monoisotopic (exact) mass is 284 g/mol. The Balaban J connectivity index is 1.93. The number of pyridine rings is 1. The van der Waals surface area contributed by atoms with Gasteiger partial charge in [0.2, 0.25) is 0 Å². The number of benzene rings is 2. The zero-order chi connectivity index (χ0) is 14.8. The Hall–Kier alpha value is -2.33. The molecule has 1 atom stereocenters. The van der Waals surface area contributed by atoms with E-state index in [4.69, 9.17) is 5.73 Å². The topological polar surface area (TPSA) is 38.9 Å². The van der Waals surface area contributed by atoms with Crippen molar-refractivity contribution in [2.24, 2.45) is 5.73 Å². The first-order valence-electron chi connectivity index (χ1n) is 6.67. The van der Waals surface area contributed by atoms with Crippen LogP contribution in [0.25, 0.3) is 10.8 Å². The van der Waals surface area contributed by atoms with E-state index in [0.717, 1.165) is 22.4 Å². The fraction of sp³-hybridized carbons (Fsp3) is 0.118. The SMILES string of the molecule is NC(Cc1ccc(F)c(F)c1)c1cccc2cnccc12. The van der Waals surface area contributed by atoms with Gasteiger partial charge in [-0.25, -0.2) is 8.78 Å². The van der Waals surface area contributed by atoms with Crippen LogP contribution in [0.15, 0.2) is 54.9 Å². The number of hydrogen-bond acceptors (Lipinski definition) is 2. The highest BCUT2D eigenvalue weighted by molar-refractivity contribution is 5.85. The van der Waals surface area contributed by atoms with E-state index in [0.29, 0.717) is 12.0 Å². The van der Waals surface area contributed by atoms with E-state index < -0.39 is 11.6 Å². The van der Waals surface area contributed by atoms with E-state index >= 15 is 0 Å². The lowest BCUT2D eigenvalue weighted by Crippen LogP contribution is -2.14. The van der Waals surface area contributed by atoms with Crippen LogP contribution in [0.3, 0.4) is 0 Å². The molecule has 3 aromatic rings. The molecule has 1 unspecified atom stereocenters. The first-order valence-corrected chi connectivity index (χ1v) is 6.67. The summed E-state index contributed by atoms with van der Waals surface area (Å²) in [7, 11) is 0. The van der Waals surface area contributed by atoms with Gasteiger partial charge in [0.1, 0.15) is 0 Å². The number of nitrogens with zero attached hydrogens (tertiary/aromatic N) is 1. The van der Waals surface area contributed by atoms with E-state index in [1.165, 1.54) is 6.07 Å². The largest absolute Gasteiger partial charge is 0.324 e. The molecule has 0 spiro atoms. The molecule has 0 saturated carbocycles. The second kappa shape index (κ2) is 5.58. The van der Waals surface area contributed by atoms with E-state index in [2.05, 4.69) is 4.98 Å². The van der Waals surface area contributed by atoms with Gasteiger partial charge in [0.15, 0.2) is 11.6 Å². The van der Waals surface area contributed by atoms with Crippen molar-refractivity contribution in [3.05, 3.63) is 77.6 Å². The lowest BCUT2D eigenvalue weighted by molar-refractivity contribution is 0.506. The molecule has 0 bridgehead atoms. The fourth-order valence-electron chi connectivity index (χ4n) is 2.50. The molecule has 21 heavy (non-hydrogen) atoms. The van der Waals surface area contributed by atoms with Crippen LogP contribution in [-0.2, 0) is 6.42 Å². The lowest BCUT2D eigenvalue weighted by Gasteiger charge is -2.15. The molecular weight excluding hydrogens is 270 g/mol. The third kappa shape index (κ3) is 2.76. The first kappa shape index (κ1) is 13.6. The van der Waals surface area contributed by atoms with Gasteiger partial charge in [-0.15, -0.1) is 0 Å². The third-order valence-corrected chi connectivity index (χ3v) is 3.55. The van der Waals surface area contributed by atoms with Crippen molar-refractivity contribution in [3.8, 4) is 0 Å². The van der Waals surface area contributed by atoms with Crippen molar-refractivity contribution < 1.29 is 8.78 Å². The molecular formula is C17H14F2N2. The molecule has 2 N–H and O–H groups in total. The molecule has 2 aromatic carbocycles. The standard InChI is InChI=1S/C17H14F2N2/c18-15-5-4-11(8-16(15)19)9-17(20)14-3-1-2-12-10-21-7-6-13(12)14/h1-8,10,17H,9,20H2. The molecule has 0 amide bonds. The summed E-state index contributed by atoms with van der Waals surface area (Å²) in [5.74, 6) is -1.69. The number of hydrogen-bond donors (Lipinski definition) is 1. The molecule has 2 nitrogen and oxygen atoms in total. The van der Waals surface area contributed by atoms with Crippen LogP contribution in [-0.4, -0.2) is 4.98 Å². The number of halogens is 2. The fourth-order valence-corrected chi connectivity index (χ4v) is 2.50. The molecule has 0 aliphatic carbocycles. The maximum absolute atomic E-state index is 13.3. The normalized spacial score (nSPS) is 12.5. The Morgan fingerprint density at radius 3 is 2.71 bits per heavy atom. The van der Waals surface area contributed by atoms with E-state index in [1.54, 1.807) is 18.5 Å². The molecule has 4 heteroatoms. The van der Waals surface area contributed by atoms with Gasteiger partial charge in [-0.3, -0.25) is 4.98 Å². The second-order valence-electron chi connectivity index (χ2n) is 5.00. The predicted octanol–water partition coefficient (Wildman–Crippen LogP) is 3.76. The summed E-state index contributed by atoms with van der Waals surface area (Å²) in [5, 5.41) is 2.04. The van der Waals surface area contributed by atoms with Gasteiger partial charge in [-0.2, -0.15) is 0 Å². The molecule has 106 valence electrons. The minimum absolute atomic E-state index is 0.291. The Labute approximate surface area is 121 Å². The summed E-state index contributed by atoms with van der Waals surface area (Å²) in [6.07, 6.45) is 3.94. The van der Waals surface area contributed by atoms with Crippen molar-refractivity contribution >= 4 is 10.8 Å². The number of nitrogens with two attached hydrogens (primary N) is 1. The van der Waals surface area contributed by atoms with Crippen molar-refractivity contribution in [1.82, 2.24) is 4.98 Å². The Morgan fingerprint density at radius 2 is 1.90 bits per heavy atom. The minimum Gasteiger partial charge on any atom is -0.324 e. The summed E-state index contributed by atoms with van der Waals surface area (Å²) in [4.78, 5) is 4.09. The Kier molecular flexibility index (Phi) is 3.62. The smallest absolute Gasteiger partial charge is 0.159 e. The maximum Gasteiger partial charge on any atom is 0.159 e. The van der Waals surface area contributed by atoms with Crippen molar-refractivity contribution in [3.63, 3.8) is 0 Å². The van der Waals surface area contributed by atoms with Gasteiger partial charge in [0.05, 0.1) is 0 Å². The summed E-state index contributed by atoms with van der Waals surface area (Å²) in [5.41, 5.74) is 7.89. The number of aromatic nitrogens is 1. The molecule has 0 fully saturated rings. The highest BCUT2D eigenvalue weighted by atomic mass is 19.2. The molecule has 0 radical (unpaired) electrons. The molecule has 0 aliphatic heterocycles. The quantitative estimate of drug-likeness (QED) is 0.795. The number of fused-ring (bicyclic) bond motifs is 1. The van der Waals surface area contributed by atoms with E-state index in [-0.39, 0.29) is 6.04 Å². The van der Waals surface area contributed by atoms with Crippen LogP contribution >= 0.6 is 0 Å². The average Bonchev–Trinajstić information content (AvgIpc) is 2.50. The van der Waals surface area contributed by atoms with Crippen LogP contribution in [0.4, 0.5) is 8.78 Å². The van der Waals surface area contributed by atoms with Crippen molar-refractivity contribution in [1.29, 1.82) is 0 Å². The molecule has 0 saturated heterocycles. The summed E-state index contributed by atoms with van der Waals surface area (Å²) < 4.78 is 26.2. The molecule has 1 heterocycles. The van der Waals surface area contributed by atoms with Crippen LogP contribution in [0, 0.1) is 11.6 Å². The average molecular weight is 284 g/mol. The summed E-state index contributed by atoms with van der Waals surface area (Å²) >= 11 is 0. The van der Waals surface area contributed by atoms with Crippen LogP contribution in [0.1, 0.15) is 17.2 Å². The van der Waals surface area contributed by atoms with Gasteiger partial charge in [-0.05, 0) is 41.1 Å². The van der Waals surface area contributed by atoms with Crippen LogP contribution in [0.2, 0.25) is 0 Å². The number of rotatable bonds is 3. The Bertz CT molecular complexity index is 781. The van der Waals surface area contributed by atoms with E-state index in [1.807, 2.05) is 24.3 Å². The second-order valence-corrected chi connectivity index (χ2v) is 5.00. The third-order valence-electron chi connectivity index (χ3n) is 3.55. The predicted molar refractivity (Wildman–Crippen MR) is 78.7 cm³/mol. The highest BCUT2D eigenvalue weighted by Gasteiger charge is 2.12. The molecule has 1 aromatic heterocycles. The molecule has 0 aliphatic rings. The zero-order valence-corrected chi connectivity index (χ0v) is 11.3. The van der Waals surface area contributed by atoms with Gasteiger partial charge in [-0.1, -0.05) is 24.3 Å². The van der Waals surface area contributed by atoms with Crippen LogP contribution < -0.4 is 5.73 Å². The van der Waals surface area contributed by atoms with E-state index in [9.17, 15) is 8.78 Å².